The lowest BCUT2D eigenvalue weighted by atomic mass is 9.89. The first-order valence-electron chi connectivity index (χ1n) is 8.58. The summed E-state index contributed by atoms with van der Waals surface area (Å²) in [5.41, 5.74) is 5.83. The number of aryl methyl sites for hydroxylation is 1. The van der Waals surface area contributed by atoms with Crippen molar-refractivity contribution in [1.82, 2.24) is 20.3 Å². The van der Waals surface area contributed by atoms with Crippen molar-refractivity contribution in [2.24, 2.45) is 0 Å². The Labute approximate surface area is 160 Å². The van der Waals surface area contributed by atoms with E-state index in [4.69, 9.17) is 20.9 Å². The molecule has 0 bridgehead atoms. The molecule has 2 heterocycles. The molecule has 0 radical (unpaired) electrons. The number of hydrogen-bond acceptors (Lipinski definition) is 5. The summed E-state index contributed by atoms with van der Waals surface area (Å²) < 4.78 is 10.8. The molecule has 134 valence electrons. The smallest absolute Gasteiger partial charge is 0.276 e. The lowest BCUT2D eigenvalue weighted by Crippen LogP contribution is -2.04. The zero-order chi connectivity index (χ0) is 18.4. The molecule has 1 aliphatic carbocycles. The van der Waals surface area contributed by atoms with Gasteiger partial charge in [0.05, 0.1) is 17.8 Å². The minimum Gasteiger partial charge on any atom is -0.497 e. The van der Waals surface area contributed by atoms with E-state index in [1.54, 1.807) is 13.2 Å². The van der Waals surface area contributed by atoms with Gasteiger partial charge in [-0.25, -0.2) is 0 Å². The van der Waals surface area contributed by atoms with Crippen LogP contribution in [0.4, 0.5) is 0 Å². The number of nitrogens with zero attached hydrogens (tertiary/aromatic N) is 3. The van der Waals surface area contributed by atoms with Crippen LogP contribution in [0.5, 0.6) is 5.75 Å². The summed E-state index contributed by atoms with van der Waals surface area (Å²) in [5, 5.41) is 12.2. The second-order valence-corrected chi connectivity index (χ2v) is 6.76. The predicted octanol–water partition coefficient (Wildman–Crippen LogP) is 4.55. The largest absolute Gasteiger partial charge is 0.497 e. The van der Waals surface area contributed by atoms with Gasteiger partial charge in [-0.1, -0.05) is 28.9 Å². The standard InChI is InChI=1S/C20H15ClN4O2/c1-26-12-7-9-13-11(10-12)6-8-15-17(13)23-24-18(15)20-22-19(25-27-20)14-4-2-3-5-16(14)21/h2-5,7,9-10H,6,8H2,1H3,(H,23,24). The predicted molar refractivity (Wildman–Crippen MR) is 102 cm³/mol. The fourth-order valence-corrected chi connectivity index (χ4v) is 3.70. The Morgan fingerprint density at radius 2 is 2.00 bits per heavy atom. The molecule has 0 fully saturated rings. The van der Waals surface area contributed by atoms with Gasteiger partial charge in [0.1, 0.15) is 11.4 Å². The Balaban J connectivity index is 1.56. The summed E-state index contributed by atoms with van der Waals surface area (Å²) >= 11 is 6.24. The normalized spacial score (nSPS) is 12.5. The van der Waals surface area contributed by atoms with Crippen LogP contribution in [0.15, 0.2) is 47.0 Å². The Hall–Kier alpha value is -3.12. The third kappa shape index (κ3) is 2.61. The van der Waals surface area contributed by atoms with Gasteiger partial charge in [-0.05, 0) is 48.7 Å². The number of ether oxygens (including phenoxy) is 1. The summed E-state index contributed by atoms with van der Waals surface area (Å²) in [6.45, 7) is 0. The molecule has 2 aromatic heterocycles. The molecule has 0 unspecified atom stereocenters. The van der Waals surface area contributed by atoms with Crippen molar-refractivity contribution in [3.05, 3.63) is 58.6 Å². The molecule has 1 aliphatic rings. The maximum Gasteiger partial charge on any atom is 0.276 e. The monoisotopic (exact) mass is 378 g/mol. The number of rotatable bonds is 3. The van der Waals surface area contributed by atoms with Crippen LogP contribution in [0.25, 0.3) is 34.2 Å². The van der Waals surface area contributed by atoms with E-state index in [1.165, 1.54) is 5.56 Å². The first-order chi connectivity index (χ1) is 13.2. The molecule has 27 heavy (non-hydrogen) atoms. The molecule has 4 aromatic rings. The van der Waals surface area contributed by atoms with Crippen LogP contribution >= 0.6 is 11.6 Å². The summed E-state index contributed by atoms with van der Waals surface area (Å²) in [6, 6.07) is 13.5. The second kappa shape index (κ2) is 6.25. The molecule has 2 aromatic carbocycles. The first-order valence-corrected chi connectivity index (χ1v) is 8.96. The molecule has 5 rings (SSSR count). The molecule has 0 atom stereocenters. The minimum absolute atomic E-state index is 0.413. The molecule has 7 heteroatoms. The average molecular weight is 379 g/mol. The van der Waals surface area contributed by atoms with Crippen molar-refractivity contribution in [2.75, 3.05) is 7.11 Å². The maximum absolute atomic E-state index is 6.24. The number of benzene rings is 2. The zero-order valence-corrected chi connectivity index (χ0v) is 15.2. The molecule has 6 nitrogen and oxygen atoms in total. The number of halogens is 1. The van der Waals surface area contributed by atoms with Crippen LogP contribution in [-0.4, -0.2) is 27.4 Å². The molecular weight excluding hydrogens is 364 g/mol. The van der Waals surface area contributed by atoms with Gasteiger partial charge >= 0.3 is 0 Å². The molecule has 0 amide bonds. The van der Waals surface area contributed by atoms with E-state index in [1.807, 2.05) is 30.3 Å². The first kappa shape index (κ1) is 16.1. The van der Waals surface area contributed by atoms with E-state index in [9.17, 15) is 0 Å². The number of methoxy groups -OCH3 is 1. The Kier molecular flexibility index (Phi) is 3.72. The lowest BCUT2D eigenvalue weighted by Gasteiger charge is -2.16. The zero-order valence-electron chi connectivity index (χ0n) is 14.5. The quantitative estimate of drug-likeness (QED) is 0.565. The highest BCUT2D eigenvalue weighted by molar-refractivity contribution is 6.33. The molecular formula is C20H15ClN4O2. The van der Waals surface area contributed by atoms with Crippen molar-refractivity contribution in [3.63, 3.8) is 0 Å². The minimum atomic E-state index is 0.413. The molecule has 0 spiro atoms. The van der Waals surface area contributed by atoms with Crippen molar-refractivity contribution >= 4 is 11.6 Å². The van der Waals surface area contributed by atoms with Gasteiger partial charge in [-0.2, -0.15) is 10.1 Å². The number of hydrogen-bond donors (Lipinski definition) is 1. The summed E-state index contributed by atoms with van der Waals surface area (Å²) in [5.74, 6) is 1.73. The van der Waals surface area contributed by atoms with Crippen LogP contribution in [-0.2, 0) is 12.8 Å². The van der Waals surface area contributed by atoms with Crippen LogP contribution in [0.3, 0.4) is 0 Å². The average Bonchev–Trinajstić information content (AvgIpc) is 3.34. The Morgan fingerprint density at radius 1 is 1.11 bits per heavy atom. The highest BCUT2D eigenvalue weighted by Gasteiger charge is 2.26. The highest BCUT2D eigenvalue weighted by Crippen LogP contribution is 2.38. The molecule has 0 saturated carbocycles. The third-order valence-corrected chi connectivity index (χ3v) is 5.16. The third-order valence-electron chi connectivity index (χ3n) is 4.83. The van der Waals surface area contributed by atoms with Gasteiger partial charge in [0.15, 0.2) is 0 Å². The van der Waals surface area contributed by atoms with E-state index < -0.39 is 0 Å². The number of aromatic amines is 1. The number of nitrogens with one attached hydrogen (secondary N) is 1. The SMILES string of the molecule is COc1ccc2c(c1)CCc1c-2n[nH]c1-c1nc(-c2ccccc2Cl)no1. The summed E-state index contributed by atoms with van der Waals surface area (Å²) in [4.78, 5) is 4.52. The fraction of sp³-hybridized carbons (Fsp3) is 0.150. The van der Waals surface area contributed by atoms with Crippen molar-refractivity contribution in [2.45, 2.75) is 12.8 Å². The number of H-pyrrole nitrogens is 1. The van der Waals surface area contributed by atoms with Crippen LogP contribution in [0.1, 0.15) is 11.1 Å². The summed E-state index contributed by atoms with van der Waals surface area (Å²) in [7, 11) is 1.68. The van der Waals surface area contributed by atoms with Crippen molar-refractivity contribution < 1.29 is 9.26 Å². The van der Waals surface area contributed by atoms with E-state index >= 15 is 0 Å². The molecule has 0 saturated heterocycles. The Morgan fingerprint density at radius 3 is 2.85 bits per heavy atom. The second-order valence-electron chi connectivity index (χ2n) is 6.35. The van der Waals surface area contributed by atoms with Gasteiger partial charge in [0.25, 0.3) is 5.89 Å². The van der Waals surface area contributed by atoms with Crippen LogP contribution in [0.2, 0.25) is 5.02 Å². The van der Waals surface area contributed by atoms with Gasteiger partial charge < -0.3 is 9.26 Å². The van der Waals surface area contributed by atoms with Crippen molar-refractivity contribution in [3.8, 4) is 40.0 Å². The molecule has 1 N–H and O–H groups in total. The summed E-state index contributed by atoms with van der Waals surface area (Å²) in [6.07, 6.45) is 1.74. The van der Waals surface area contributed by atoms with Gasteiger partial charge in [-0.15, -0.1) is 0 Å². The lowest BCUT2D eigenvalue weighted by molar-refractivity contribution is 0.414. The maximum atomic E-state index is 6.24. The van der Waals surface area contributed by atoms with E-state index in [0.29, 0.717) is 16.7 Å². The Bertz CT molecular complexity index is 1150. The van der Waals surface area contributed by atoms with Gasteiger partial charge in [0.2, 0.25) is 5.82 Å². The number of aromatic nitrogens is 4. The van der Waals surface area contributed by atoms with E-state index in [0.717, 1.165) is 46.7 Å². The van der Waals surface area contributed by atoms with E-state index in [-0.39, 0.29) is 0 Å². The van der Waals surface area contributed by atoms with Crippen molar-refractivity contribution in [1.29, 1.82) is 0 Å². The highest BCUT2D eigenvalue weighted by atomic mass is 35.5. The van der Waals surface area contributed by atoms with Crippen LogP contribution in [0, 0.1) is 0 Å². The van der Waals surface area contributed by atoms with Gasteiger partial charge in [-0.3, -0.25) is 5.10 Å². The van der Waals surface area contributed by atoms with Crippen LogP contribution < -0.4 is 4.74 Å². The topological polar surface area (TPSA) is 76.8 Å². The molecule has 0 aliphatic heterocycles. The van der Waals surface area contributed by atoms with E-state index in [2.05, 4.69) is 26.4 Å². The van der Waals surface area contributed by atoms with Gasteiger partial charge in [0, 0.05) is 16.7 Å². The fourth-order valence-electron chi connectivity index (χ4n) is 3.48. The number of fused-ring (bicyclic) bond motifs is 3.